The molecule has 1 aromatic heterocycles. The second-order valence-corrected chi connectivity index (χ2v) is 7.75. The number of hydrogen-bond acceptors (Lipinski definition) is 7. The largest absolute Gasteiger partial charge is 0.312 e. The SMILES string of the molecule is Cc1ccc(N2C[C@H](C(=O)Nc3nnc(SCC#N)s3)CC2=O)cc1. The molecular formula is C16H15N5O2S2. The molecule has 0 unspecified atom stereocenters. The number of anilines is 2. The monoisotopic (exact) mass is 373 g/mol. The molecule has 2 aromatic rings. The van der Waals surface area contributed by atoms with E-state index in [0.29, 0.717) is 16.0 Å². The summed E-state index contributed by atoms with van der Waals surface area (Å²) in [6.45, 7) is 2.33. The van der Waals surface area contributed by atoms with E-state index in [4.69, 9.17) is 5.26 Å². The van der Waals surface area contributed by atoms with Crippen molar-refractivity contribution in [3.63, 3.8) is 0 Å². The zero-order valence-electron chi connectivity index (χ0n) is 13.4. The van der Waals surface area contributed by atoms with Crippen LogP contribution in [0, 0.1) is 24.2 Å². The van der Waals surface area contributed by atoms with Crippen LogP contribution in [0.4, 0.5) is 10.8 Å². The standard InChI is InChI=1S/C16H15N5O2S2/c1-10-2-4-12(5-3-10)21-9-11(8-13(21)22)14(23)18-15-19-20-16(25-15)24-7-6-17/h2-5,11H,7-9H2,1H3,(H,18,19,23)/t11-/m1/s1. The van der Waals surface area contributed by atoms with Crippen molar-refractivity contribution >= 4 is 45.7 Å². The highest BCUT2D eigenvalue weighted by molar-refractivity contribution is 8.01. The number of aromatic nitrogens is 2. The summed E-state index contributed by atoms with van der Waals surface area (Å²) in [5.74, 6) is -0.444. The van der Waals surface area contributed by atoms with E-state index in [1.165, 1.54) is 23.1 Å². The molecule has 0 spiro atoms. The smallest absolute Gasteiger partial charge is 0.231 e. The van der Waals surface area contributed by atoms with Gasteiger partial charge < -0.3 is 10.2 Å². The molecule has 3 rings (SSSR count). The molecule has 0 aliphatic carbocycles. The van der Waals surface area contributed by atoms with Crippen molar-refractivity contribution in [3.05, 3.63) is 29.8 Å². The molecule has 1 aliphatic heterocycles. The van der Waals surface area contributed by atoms with Crippen LogP contribution in [0.5, 0.6) is 0 Å². The Balaban J connectivity index is 1.62. The first-order valence-corrected chi connectivity index (χ1v) is 9.38. The Morgan fingerprint density at radius 2 is 2.20 bits per heavy atom. The highest BCUT2D eigenvalue weighted by Crippen LogP contribution is 2.28. The molecular weight excluding hydrogens is 358 g/mol. The molecule has 1 aromatic carbocycles. The molecule has 7 nitrogen and oxygen atoms in total. The van der Waals surface area contributed by atoms with Gasteiger partial charge in [-0.3, -0.25) is 9.59 Å². The summed E-state index contributed by atoms with van der Waals surface area (Å²) >= 11 is 2.49. The molecule has 25 heavy (non-hydrogen) atoms. The zero-order valence-corrected chi connectivity index (χ0v) is 15.1. The molecule has 1 aliphatic rings. The van der Waals surface area contributed by atoms with Crippen LogP contribution in [0.25, 0.3) is 0 Å². The van der Waals surface area contributed by atoms with Gasteiger partial charge in [0.15, 0.2) is 4.34 Å². The molecule has 1 N–H and O–H groups in total. The van der Waals surface area contributed by atoms with Gasteiger partial charge in [0.25, 0.3) is 0 Å². The van der Waals surface area contributed by atoms with Gasteiger partial charge in [-0.15, -0.1) is 10.2 Å². The Bertz CT molecular complexity index is 828. The predicted molar refractivity (Wildman–Crippen MR) is 96.5 cm³/mol. The third-order valence-electron chi connectivity index (χ3n) is 3.74. The Labute approximate surface area is 153 Å². The highest BCUT2D eigenvalue weighted by Gasteiger charge is 2.35. The van der Waals surface area contributed by atoms with E-state index in [0.717, 1.165) is 11.3 Å². The normalized spacial score (nSPS) is 16.7. The molecule has 0 bridgehead atoms. The van der Waals surface area contributed by atoms with Crippen molar-refractivity contribution in [2.45, 2.75) is 17.7 Å². The fourth-order valence-corrected chi connectivity index (χ4v) is 3.89. The molecule has 2 heterocycles. The van der Waals surface area contributed by atoms with E-state index in [1.54, 1.807) is 4.90 Å². The first-order chi connectivity index (χ1) is 12.1. The Kier molecular flexibility index (Phi) is 5.31. The molecule has 1 fully saturated rings. The maximum absolute atomic E-state index is 12.4. The van der Waals surface area contributed by atoms with Crippen molar-refractivity contribution in [3.8, 4) is 6.07 Å². The lowest BCUT2D eigenvalue weighted by atomic mass is 10.1. The lowest BCUT2D eigenvalue weighted by molar-refractivity contribution is -0.122. The number of amides is 2. The van der Waals surface area contributed by atoms with E-state index in [-0.39, 0.29) is 24.0 Å². The van der Waals surface area contributed by atoms with Crippen LogP contribution in [0.2, 0.25) is 0 Å². The van der Waals surface area contributed by atoms with Crippen molar-refractivity contribution in [2.75, 3.05) is 22.5 Å². The van der Waals surface area contributed by atoms with Gasteiger partial charge in [-0.2, -0.15) is 5.26 Å². The summed E-state index contributed by atoms with van der Waals surface area (Å²) in [5, 5.41) is 19.5. The van der Waals surface area contributed by atoms with Gasteiger partial charge in [-0.25, -0.2) is 0 Å². The minimum absolute atomic E-state index is 0.0634. The van der Waals surface area contributed by atoms with Crippen LogP contribution in [0.3, 0.4) is 0 Å². The van der Waals surface area contributed by atoms with Crippen LogP contribution in [0.1, 0.15) is 12.0 Å². The number of nitrogens with one attached hydrogen (secondary N) is 1. The first kappa shape index (κ1) is 17.4. The topological polar surface area (TPSA) is 99.0 Å². The number of nitrogens with zero attached hydrogens (tertiary/aromatic N) is 4. The first-order valence-electron chi connectivity index (χ1n) is 7.58. The summed E-state index contributed by atoms with van der Waals surface area (Å²) in [5.41, 5.74) is 1.92. The summed E-state index contributed by atoms with van der Waals surface area (Å²) in [6.07, 6.45) is 0.175. The third kappa shape index (κ3) is 4.15. The van der Waals surface area contributed by atoms with Crippen LogP contribution in [-0.2, 0) is 9.59 Å². The number of hydrogen-bond donors (Lipinski definition) is 1. The van der Waals surface area contributed by atoms with Crippen LogP contribution >= 0.6 is 23.1 Å². The number of rotatable bonds is 5. The second kappa shape index (κ2) is 7.63. The fourth-order valence-electron chi connectivity index (χ4n) is 2.48. The number of thioether (sulfide) groups is 1. The average molecular weight is 373 g/mol. The van der Waals surface area contributed by atoms with Gasteiger partial charge in [0.1, 0.15) is 0 Å². The average Bonchev–Trinajstić information content (AvgIpc) is 3.20. The summed E-state index contributed by atoms with van der Waals surface area (Å²) in [4.78, 5) is 26.3. The van der Waals surface area contributed by atoms with Crippen molar-refractivity contribution < 1.29 is 9.59 Å². The molecule has 1 atom stereocenters. The number of carbonyl (C=O) groups is 2. The van der Waals surface area contributed by atoms with E-state index in [1.807, 2.05) is 37.3 Å². The van der Waals surface area contributed by atoms with Crippen molar-refractivity contribution in [1.82, 2.24) is 10.2 Å². The quantitative estimate of drug-likeness (QED) is 0.638. The Hall–Kier alpha value is -2.44. The molecule has 9 heteroatoms. The second-order valence-electron chi connectivity index (χ2n) is 5.55. The Morgan fingerprint density at radius 1 is 1.44 bits per heavy atom. The minimum Gasteiger partial charge on any atom is -0.312 e. The van der Waals surface area contributed by atoms with Gasteiger partial charge in [-0.1, -0.05) is 40.8 Å². The lowest BCUT2D eigenvalue weighted by Crippen LogP contribution is -2.28. The van der Waals surface area contributed by atoms with Gasteiger partial charge in [0, 0.05) is 18.7 Å². The van der Waals surface area contributed by atoms with Gasteiger partial charge in [0.2, 0.25) is 16.9 Å². The van der Waals surface area contributed by atoms with E-state index >= 15 is 0 Å². The minimum atomic E-state index is -0.423. The number of benzene rings is 1. The van der Waals surface area contributed by atoms with Crippen LogP contribution in [-0.4, -0.2) is 34.3 Å². The van der Waals surface area contributed by atoms with Crippen molar-refractivity contribution in [1.29, 1.82) is 5.26 Å². The molecule has 2 amide bonds. The summed E-state index contributed by atoms with van der Waals surface area (Å²) < 4.78 is 0.626. The third-order valence-corrected chi connectivity index (χ3v) is 5.58. The summed E-state index contributed by atoms with van der Waals surface area (Å²) in [6, 6.07) is 9.67. The molecule has 0 saturated carbocycles. The number of aryl methyl sites for hydroxylation is 1. The highest BCUT2D eigenvalue weighted by atomic mass is 32.2. The Morgan fingerprint density at radius 3 is 2.92 bits per heavy atom. The van der Waals surface area contributed by atoms with E-state index < -0.39 is 5.92 Å². The van der Waals surface area contributed by atoms with Gasteiger partial charge in [0.05, 0.1) is 17.7 Å². The van der Waals surface area contributed by atoms with Crippen molar-refractivity contribution in [2.24, 2.45) is 5.92 Å². The van der Waals surface area contributed by atoms with Crippen LogP contribution < -0.4 is 10.2 Å². The maximum atomic E-state index is 12.4. The van der Waals surface area contributed by atoms with Gasteiger partial charge in [-0.05, 0) is 19.1 Å². The fraction of sp³-hybridized carbons (Fsp3) is 0.312. The van der Waals surface area contributed by atoms with Gasteiger partial charge >= 0.3 is 0 Å². The summed E-state index contributed by atoms with van der Waals surface area (Å²) in [7, 11) is 0. The maximum Gasteiger partial charge on any atom is 0.231 e. The predicted octanol–water partition coefficient (Wildman–Crippen LogP) is 2.45. The van der Waals surface area contributed by atoms with Crippen LogP contribution in [0.15, 0.2) is 28.6 Å². The van der Waals surface area contributed by atoms with E-state index in [2.05, 4.69) is 15.5 Å². The zero-order chi connectivity index (χ0) is 17.8. The lowest BCUT2D eigenvalue weighted by Gasteiger charge is -2.16. The molecule has 1 saturated heterocycles. The number of nitriles is 1. The van der Waals surface area contributed by atoms with E-state index in [9.17, 15) is 9.59 Å². The molecule has 128 valence electrons. The molecule has 0 radical (unpaired) electrons. The number of carbonyl (C=O) groups excluding carboxylic acids is 2.